The lowest BCUT2D eigenvalue weighted by Crippen LogP contribution is -2.50. The van der Waals surface area contributed by atoms with Crippen LogP contribution < -0.4 is 0 Å². The lowest BCUT2D eigenvalue weighted by atomic mass is 9.47. The molecular formula is C27H46O3. The fourth-order valence-corrected chi connectivity index (χ4v) is 8.73. The Labute approximate surface area is 184 Å². The third-order valence-corrected chi connectivity index (χ3v) is 10.7. The van der Waals surface area contributed by atoms with E-state index in [9.17, 15) is 15.3 Å². The topological polar surface area (TPSA) is 60.7 Å². The second-order valence-corrected chi connectivity index (χ2v) is 12.2. The van der Waals surface area contributed by atoms with Gasteiger partial charge in [0.15, 0.2) is 6.29 Å². The summed E-state index contributed by atoms with van der Waals surface area (Å²) in [7, 11) is 0. The predicted molar refractivity (Wildman–Crippen MR) is 122 cm³/mol. The molecule has 0 saturated heterocycles. The zero-order chi connectivity index (χ0) is 21.7. The molecule has 3 nitrogen and oxygen atoms in total. The van der Waals surface area contributed by atoms with Gasteiger partial charge in [-0.15, -0.1) is 0 Å². The number of rotatable bonds is 6. The maximum absolute atomic E-state index is 10.2. The van der Waals surface area contributed by atoms with E-state index >= 15 is 0 Å². The summed E-state index contributed by atoms with van der Waals surface area (Å²) in [5, 5.41) is 28.9. The summed E-state index contributed by atoms with van der Waals surface area (Å²) in [6.45, 7) is 9.55. The fourth-order valence-electron chi connectivity index (χ4n) is 8.73. The van der Waals surface area contributed by atoms with Crippen LogP contribution in [0.5, 0.6) is 0 Å². The van der Waals surface area contributed by atoms with Crippen LogP contribution in [0.15, 0.2) is 11.6 Å². The lowest BCUT2D eigenvalue weighted by molar-refractivity contribution is -0.0815. The van der Waals surface area contributed by atoms with Crippen LogP contribution in [0.1, 0.15) is 98.3 Å². The van der Waals surface area contributed by atoms with Crippen LogP contribution in [0.25, 0.3) is 0 Å². The van der Waals surface area contributed by atoms with Crippen molar-refractivity contribution in [2.75, 3.05) is 0 Å². The molecule has 3 N–H and O–H groups in total. The van der Waals surface area contributed by atoms with E-state index in [1.54, 1.807) is 5.57 Å². The van der Waals surface area contributed by atoms with Crippen LogP contribution >= 0.6 is 0 Å². The molecule has 4 aliphatic carbocycles. The molecule has 0 heterocycles. The summed E-state index contributed by atoms with van der Waals surface area (Å²) in [4.78, 5) is 0. The SMILES string of the molecule is CC(CCC[C@@H](C)[C@H]1CC[C@H]2[C@@H]3CC=C4C[C@@H](O)CC[C@]4(C)[C@H]3CC[C@]12C)C(O)O. The Morgan fingerprint density at radius 3 is 2.50 bits per heavy atom. The Balaban J connectivity index is 1.44. The number of aliphatic hydroxyl groups is 3. The van der Waals surface area contributed by atoms with Gasteiger partial charge < -0.3 is 15.3 Å². The minimum Gasteiger partial charge on any atom is -0.393 e. The van der Waals surface area contributed by atoms with Crippen LogP contribution in [0, 0.1) is 46.3 Å². The zero-order valence-corrected chi connectivity index (χ0v) is 19.8. The van der Waals surface area contributed by atoms with Gasteiger partial charge in [-0.3, -0.25) is 0 Å². The maximum Gasteiger partial charge on any atom is 0.154 e. The minimum absolute atomic E-state index is 0.0162. The lowest BCUT2D eigenvalue weighted by Gasteiger charge is -2.58. The van der Waals surface area contributed by atoms with Crippen molar-refractivity contribution < 1.29 is 15.3 Å². The third kappa shape index (κ3) is 3.82. The zero-order valence-electron chi connectivity index (χ0n) is 19.8. The highest BCUT2D eigenvalue weighted by Gasteiger charge is 2.59. The van der Waals surface area contributed by atoms with Crippen molar-refractivity contribution in [3.05, 3.63) is 11.6 Å². The summed E-state index contributed by atoms with van der Waals surface area (Å²) >= 11 is 0. The molecule has 3 saturated carbocycles. The highest BCUT2D eigenvalue weighted by molar-refractivity contribution is 5.25. The van der Waals surface area contributed by atoms with E-state index < -0.39 is 6.29 Å². The van der Waals surface area contributed by atoms with E-state index in [1.165, 1.54) is 44.9 Å². The molecule has 0 radical (unpaired) electrons. The fraction of sp³-hybridized carbons (Fsp3) is 0.926. The van der Waals surface area contributed by atoms with E-state index in [0.717, 1.165) is 55.3 Å². The van der Waals surface area contributed by atoms with Crippen molar-refractivity contribution in [3.8, 4) is 0 Å². The molecule has 3 fully saturated rings. The standard InChI is InChI=1S/C27H46O3/c1-17(6-5-7-18(2)25(29)30)22-10-11-23-21-9-8-19-16-20(28)12-14-26(19,3)24(21)13-15-27(22,23)4/h8,17-18,20-25,28-30H,5-7,9-16H2,1-4H3/t17-,18?,20+,21+,22-,23+,24+,26+,27-/m1/s1. The second kappa shape index (κ2) is 8.52. The Hall–Kier alpha value is -0.380. The molecule has 172 valence electrons. The number of hydrogen-bond acceptors (Lipinski definition) is 3. The average Bonchev–Trinajstić information content (AvgIpc) is 3.05. The van der Waals surface area contributed by atoms with E-state index in [1.807, 2.05) is 6.92 Å². The maximum atomic E-state index is 10.2. The normalized spacial score (nSPS) is 45.3. The first-order valence-electron chi connectivity index (χ1n) is 12.9. The van der Waals surface area contributed by atoms with E-state index in [2.05, 4.69) is 26.8 Å². The molecule has 3 heteroatoms. The summed E-state index contributed by atoms with van der Waals surface area (Å²) in [6.07, 6.45) is 14.4. The molecule has 0 aromatic carbocycles. The molecule has 9 atom stereocenters. The molecule has 0 aromatic rings. The monoisotopic (exact) mass is 418 g/mol. The van der Waals surface area contributed by atoms with Crippen LogP contribution in [0.2, 0.25) is 0 Å². The van der Waals surface area contributed by atoms with E-state index in [-0.39, 0.29) is 12.0 Å². The van der Waals surface area contributed by atoms with E-state index in [0.29, 0.717) is 10.8 Å². The van der Waals surface area contributed by atoms with E-state index in [4.69, 9.17) is 0 Å². The molecule has 4 rings (SSSR count). The molecule has 30 heavy (non-hydrogen) atoms. The van der Waals surface area contributed by atoms with Crippen LogP contribution in [-0.4, -0.2) is 27.7 Å². The molecule has 0 amide bonds. The predicted octanol–water partition coefficient (Wildman–Crippen LogP) is 5.68. The second-order valence-electron chi connectivity index (χ2n) is 12.2. The van der Waals surface area contributed by atoms with Crippen LogP contribution in [0.3, 0.4) is 0 Å². The summed E-state index contributed by atoms with van der Waals surface area (Å²) in [5.74, 6) is 4.07. The summed E-state index contributed by atoms with van der Waals surface area (Å²) in [6, 6.07) is 0. The van der Waals surface area contributed by atoms with Gasteiger partial charge in [0.2, 0.25) is 0 Å². The van der Waals surface area contributed by atoms with Crippen molar-refractivity contribution in [2.45, 2.75) is 111 Å². The summed E-state index contributed by atoms with van der Waals surface area (Å²) in [5.41, 5.74) is 2.40. The minimum atomic E-state index is -1.17. The number of fused-ring (bicyclic) bond motifs is 5. The van der Waals surface area contributed by atoms with Crippen molar-refractivity contribution in [3.63, 3.8) is 0 Å². The van der Waals surface area contributed by atoms with Gasteiger partial charge in [0, 0.05) is 5.92 Å². The van der Waals surface area contributed by atoms with Gasteiger partial charge in [-0.05, 0) is 98.2 Å². The number of allylic oxidation sites excluding steroid dienone is 1. The molecular weight excluding hydrogens is 372 g/mol. The van der Waals surface area contributed by atoms with Crippen molar-refractivity contribution in [2.24, 2.45) is 46.3 Å². The summed E-state index contributed by atoms with van der Waals surface area (Å²) < 4.78 is 0. The van der Waals surface area contributed by atoms with Gasteiger partial charge in [-0.1, -0.05) is 52.2 Å². The first-order valence-corrected chi connectivity index (χ1v) is 12.9. The van der Waals surface area contributed by atoms with Gasteiger partial charge in [0.25, 0.3) is 0 Å². The highest BCUT2D eigenvalue weighted by atomic mass is 16.5. The Bertz CT molecular complexity index is 642. The van der Waals surface area contributed by atoms with Gasteiger partial charge in [0.05, 0.1) is 6.10 Å². The Morgan fingerprint density at radius 1 is 1.00 bits per heavy atom. The van der Waals surface area contributed by atoms with Gasteiger partial charge in [0.1, 0.15) is 0 Å². The van der Waals surface area contributed by atoms with Crippen LogP contribution in [0.4, 0.5) is 0 Å². The van der Waals surface area contributed by atoms with Gasteiger partial charge in [-0.25, -0.2) is 0 Å². The van der Waals surface area contributed by atoms with Crippen LogP contribution in [-0.2, 0) is 0 Å². The molecule has 0 bridgehead atoms. The number of hydrogen-bond donors (Lipinski definition) is 3. The molecule has 1 unspecified atom stereocenters. The average molecular weight is 419 g/mol. The molecule has 0 aromatic heterocycles. The first-order chi connectivity index (χ1) is 14.2. The largest absolute Gasteiger partial charge is 0.393 e. The van der Waals surface area contributed by atoms with Crippen molar-refractivity contribution in [1.82, 2.24) is 0 Å². The highest BCUT2D eigenvalue weighted by Crippen LogP contribution is 2.67. The molecule has 0 spiro atoms. The van der Waals surface area contributed by atoms with Gasteiger partial charge in [-0.2, -0.15) is 0 Å². The smallest absolute Gasteiger partial charge is 0.154 e. The molecule has 4 aliphatic rings. The Morgan fingerprint density at radius 2 is 1.77 bits per heavy atom. The third-order valence-electron chi connectivity index (χ3n) is 10.7. The van der Waals surface area contributed by atoms with Crippen molar-refractivity contribution >= 4 is 0 Å². The quantitative estimate of drug-likeness (QED) is 0.384. The Kier molecular flexibility index (Phi) is 6.48. The van der Waals surface area contributed by atoms with Crippen molar-refractivity contribution in [1.29, 1.82) is 0 Å². The van der Waals surface area contributed by atoms with Gasteiger partial charge >= 0.3 is 0 Å². The first kappa shape index (κ1) is 22.8. The molecule has 0 aliphatic heterocycles. The number of aliphatic hydroxyl groups excluding tert-OH is 2.